The van der Waals surface area contributed by atoms with Crippen LogP contribution >= 0.6 is 0 Å². The minimum Gasteiger partial charge on any atom is -0.744 e. The zero-order valence-electron chi connectivity index (χ0n) is 22.2. The Morgan fingerprint density at radius 1 is 0.605 bits per heavy atom. The first-order valence-electron chi connectivity index (χ1n) is 11.6. The smallest absolute Gasteiger partial charge is 0.744 e. The van der Waals surface area contributed by atoms with Gasteiger partial charge in [0.05, 0.1) is 35.1 Å². The Morgan fingerprint density at radius 3 is 1.16 bits per heavy atom. The van der Waals surface area contributed by atoms with Crippen LogP contribution in [-0.2, 0) is 37.3 Å². The second-order valence-corrected chi connectivity index (χ2v) is 11.0. The van der Waals surface area contributed by atoms with Crippen LogP contribution in [0.1, 0.15) is 31.8 Å². The van der Waals surface area contributed by atoms with Crippen molar-refractivity contribution in [3.8, 4) is 23.0 Å². The molecule has 12 nitrogen and oxygen atoms in total. The van der Waals surface area contributed by atoms with E-state index in [9.17, 15) is 45.7 Å². The molecule has 0 unspecified atom stereocenters. The summed E-state index contributed by atoms with van der Waals surface area (Å²) >= 11 is 0. The first-order chi connectivity index (χ1) is 19.7. The molecule has 0 aromatic heterocycles. The summed E-state index contributed by atoms with van der Waals surface area (Å²) in [6, 6.07) is 19.5. The van der Waals surface area contributed by atoms with Crippen molar-refractivity contribution in [3.63, 3.8) is 0 Å². The maximum Gasteiger partial charge on any atom is 2.00 e. The van der Waals surface area contributed by atoms with Crippen LogP contribution < -0.4 is 9.47 Å². The van der Waals surface area contributed by atoms with E-state index in [0.29, 0.717) is 0 Å². The summed E-state index contributed by atoms with van der Waals surface area (Å²) in [7, 11) is -7.37. The second-order valence-electron chi connectivity index (χ2n) is 8.34. The van der Waals surface area contributed by atoms with E-state index >= 15 is 0 Å². The van der Waals surface area contributed by atoms with Crippen LogP contribution in [0, 0.1) is 0 Å². The summed E-state index contributed by atoms with van der Waals surface area (Å²) in [5, 5.41) is 19.7. The molecular formula is C28H22CuO12S2. The number of methoxy groups -OCH3 is 2. The van der Waals surface area contributed by atoms with Gasteiger partial charge in [0, 0.05) is 23.3 Å². The summed E-state index contributed by atoms with van der Waals surface area (Å²) in [4.78, 5) is 23.1. The largest absolute Gasteiger partial charge is 2.00 e. The van der Waals surface area contributed by atoms with Crippen molar-refractivity contribution in [2.24, 2.45) is 0 Å². The number of ether oxygens (including phenoxy) is 2. The Balaban J connectivity index is 0.000000293. The molecular weight excluding hydrogens is 656 g/mol. The first kappa shape index (κ1) is 35.0. The van der Waals surface area contributed by atoms with Crippen LogP contribution in [0.2, 0.25) is 0 Å². The van der Waals surface area contributed by atoms with Crippen LogP contribution in [0.3, 0.4) is 0 Å². The molecule has 229 valence electrons. The van der Waals surface area contributed by atoms with Crippen molar-refractivity contribution in [1.29, 1.82) is 0 Å². The number of aromatic hydroxyl groups is 2. The SMILES string of the molecule is COc1cc(O)c(C(=O)c2ccccc2)cc1S(=O)(=O)[O-].COc1cc(O)c(C(=O)c2ccccc2)cc1S(=O)(=O)[O-].[Cu+2]. The monoisotopic (exact) mass is 677 g/mol. The van der Waals surface area contributed by atoms with Gasteiger partial charge < -0.3 is 28.8 Å². The first-order valence-corrected chi connectivity index (χ1v) is 14.4. The van der Waals surface area contributed by atoms with Crippen LogP contribution in [0.25, 0.3) is 0 Å². The number of phenols is 2. The Morgan fingerprint density at radius 2 is 0.907 bits per heavy atom. The standard InChI is InChI=1S/2C14H12O6S.Cu/c2*1-20-12-8-11(15)10(7-13(12)21(17,18)19)14(16)9-5-3-2-4-6-9;/h2*2-8,15H,1H3,(H,17,18,19);/q;;+2/p-2. The average molecular weight is 678 g/mol. The summed E-state index contributed by atoms with van der Waals surface area (Å²) in [6.45, 7) is 0. The van der Waals surface area contributed by atoms with Gasteiger partial charge in [0.15, 0.2) is 11.6 Å². The molecule has 4 aromatic carbocycles. The van der Waals surface area contributed by atoms with E-state index in [1.54, 1.807) is 36.4 Å². The Bertz CT molecular complexity index is 1710. The van der Waals surface area contributed by atoms with Crippen molar-refractivity contribution in [3.05, 3.63) is 107 Å². The third-order valence-corrected chi connectivity index (χ3v) is 7.38. The maximum atomic E-state index is 12.2. The second kappa shape index (κ2) is 14.3. The number of hydrogen-bond acceptors (Lipinski definition) is 12. The van der Waals surface area contributed by atoms with E-state index in [1.807, 2.05) is 0 Å². The fourth-order valence-electron chi connectivity index (χ4n) is 3.66. The third-order valence-electron chi connectivity index (χ3n) is 5.66. The molecule has 0 fully saturated rings. The molecule has 4 rings (SSSR count). The van der Waals surface area contributed by atoms with E-state index < -0.39 is 53.1 Å². The molecule has 15 heteroatoms. The molecule has 4 aromatic rings. The predicted octanol–water partition coefficient (Wildman–Crippen LogP) is 3.07. The Hall–Kier alpha value is -4.24. The molecule has 0 saturated carbocycles. The number of rotatable bonds is 8. The van der Waals surface area contributed by atoms with Gasteiger partial charge in [0.1, 0.15) is 43.2 Å². The van der Waals surface area contributed by atoms with Gasteiger partial charge >= 0.3 is 17.1 Å². The molecule has 43 heavy (non-hydrogen) atoms. The van der Waals surface area contributed by atoms with Crippen molar-refractivity contribution in [2.75, 3.05) is 14.2 Å². The van der Waals surface area contributed by atoms with E-state index in [-0.39, 0.29) is 50.8 Å². The quantitative estimate of drug-likeness (QED) is 0.157. The summed E-state index contributed by atoms with van der Waals surface area (Å²) in [5.74, 6) is -2.75. The molecule has 0 aliphatic heterocycles. The molecule has 0 aliphatic carbocycles. The maximum absolute atomic E-state index is 12.2. The zero-order valence-corrected chi connectivity index (χ0v) is 24.8. The number of benzene rings is 4. The molecule has 0 saturated heterocycles. The number of carbonyl (C=O) groups excluding carboxylic acids is 2. The molecule has 0 heterocycles. The van der Waals surface area contributed by atoms with Gasteiger partial charge in [-0.05, 0) is 12.1 Å². The summed E-state index contributed by atoms with van der Waals surface area (Å²) in [6.07, 6.45) is 0. The number of hydrogen-bond donors (Lipinski definition) is 2. The van der Waals surface area contributed by atoms with Crippen molar-refractivity contribution >= 4 is 31.8 Å². The van der Waals surface area contributed by atoms with E-state index in [1.165, 1.54) is 24.3 Å². The topological polar surface area (TPSA) is 207 Å². The van der Waals surface area contributed by atoms with Gasteiger partial charge in [-0.3, -0.25) is 9.59 Å². The van der Waals surface area contributed by atoms with Crippen LogP contribution in [0.5, 0.6) is 23.0 Å². The van der Waals surface area contributed by atoms with Gasteiger partial charge in [-0.15, -0.1) is 0 Å². The van der Waals surface area contributed by atoms with Gasteiger partial charge in [0.25, 0.3) is 0 Å². The van der Waals surface area contributed by atoms with E-state index in [2.05, 4.69) is 0 Å². The molecule has 0 atom stereocenters. The zero-order chi connectivity index (χ0) is 31.2. The minimum atomic E-state index is -4.84. The van der Waals surface area contributed by atoms with E-state index in [4.69, 9.17) is 9.47 Å². The molecule has 1 radical (unpaired) electrons. The fourth-order valence-corrected chi connectivity index (χ4v) is 4.96. The fraction of sp³-hybridized carbons (Fsp3) is 0.0714. The number of ketones is 2. The molecule has 2 N–H and O–H groups in total. The van der Waals surface area contributed by atoms with Crippen molar-refractivity contribution in [1.82, 2.24) is 0 Å². The molecule has 0 spiro atoms. The van der Waals surface area contributed by atoms with Crippen LogP contribution in [0.4, 0.5) is 0 Å². The van der Waals surface area contributed by atoms with Gasteiger partial charge in [-0.2, -0.15) is 0 Å². The van der Waals surface area contributed by atoms with Crippen molar-refractivity contribution < 1.29 is 72.3 Å². The number of phenolic OH excluding ortho intramolecular Hbond substituents is 2. The number of carbonyl (C=O) groups is 2. The van der Waals surface area contributed by atoms with Crippen LogP contribution in [0.15, 0.2) is 94.7 Å². The van der Waals surface area contributed by atoms with Gasteiger partial charge in [-0.25, -0.2) is 16.8 Å². The molecule has 0 bridgehead atoms. The minimum absolute atomic E-state index is 0. The predicted molar refractivity (Wildman–Crippen MR) is 145 cm³/mol. The van der Waals surface area contributed by atoms with E-state index in [0.717, 1.165) is 38.5 Å². The third kappa shape index (κ3) is 8.41. The molecule has 0 aliphatic rings. The van der Waals surface area contributed by atoms with Crippen molar-refractivity contribution in [2.45, 2.75) is 9.79 Å². The van der Waals surface area contributed by atoms with Gasteiger partial charge in [-0.1, -0.05) is 60.7 Å². The Labute approximate surface area is 257 Å². The van der Waals surface area contributed by atoms with Crippen LogP contribution in [-0.4, -0.2) is 61.9 Å². The molecule has 0 amide bonds. The van der Waals surface area contributed by atoms with Gasteiger partial charge in [0.2, 0.25) is 0 Å². The summed E-state index contributed by atoms with van der Waals surface area (Å²) in [5.41, 5.74) is -0.0488. The Kier molecular flexibility index (Phi) is 11.6. The normalized spacial score (nSPS) is 10.9. The average Bonchev–Trinajstić information content (AvgIpc) is 2.96. The summed E-state index contributed by atoms with van der Waals surface area (Å²) < 4.78 is 76.7.